The molecule has 0 fully saturated rings. The van der Waals surface area contributed by atoms with Gasteiger partial charge in [-0.25, -0.2) is 4.68 Å². The van der Waals surface area contributed by atoms with Crippen LogP contribution in [0.25, 0.3) is 6.08 Å². The van der Waals surface area contributed by atoms with Crippen molar-refractivity contribution in [3.8, 4) is 5.75 Å². The van der Waals surface area contributed by atoms with Crippen LogP contribution in [-0.2, 0) is 4.79 Å². The minimum absolute atomic E-state index is 0.0440. The van der Waals surface area contributed by atoms with Crippen molar-refractivity contribution in [2.24, 2.45) is 0 Å². The molecule has 1 aliphatic heterocycles. The Morgan fingerprint density at radius 2 is 1.80 bits per heavy atom. The predicted molar refractivity (Wildman–Crippen MR) is 138 cm³/mol. The molecule has 35 heavy (non-hydrogen) atoms. The fourth-order valence-electron chi connectivity index (χ4n) is 4.22. The fraction of sp³-hybridized carbons (Fsp3) is 0.148. The maximum absolute atomic E-state index is 12.6. The second kappa shape index (κ2) is 10.0. The minimum Gasteiger partial charge on any atom is -0.496 e. The van der Waals surface area contributed by atoms with Gasteiger partial charge in [0.15, 0.2) is 0 Å². The molecule has 2 atom stereocenters. The number of para-hydroxylation sites is 1. The predicted octanol–water partition coefficient (Wildman–Crippen LogP) is 5.74. The SMILES string of the molecule is COc1ccccc1/C=C/C(=O)Nc1nc2n(n1)[C@H](c1ccc(Cl)cc1)C[C@H](c1ccccc1)N2. The number of aromatic nitrogens is 3. The van der Waals surface area contributed by atoms with Gasteiger partial charge in [-0.1, -0.05) is 72.3 Å². The molecule has 1 amide bonds. The number of carbonyl (C=O) groups excluding carboxylic acids is 1. The molecule has 0 saturated heterocycles. The van der Waals surface area contributed by atoms with E-state index in [1.807, 2.05) is 71.4 Å². The Bertz CT molecular complexity index is 1350. The minimum atomic E-state index is -0.332. The highest BCUT2D eigenvalue weighted by Gasteiger charge is 2.31. The van der Waals surface area contributed by atoms with Crippen LogP contribution < -0.4 is 15.4 Å². The maximum atomic E-state index is 12.6. The summed E-state index contributed by atoms with van der Waals surface area (Å²) in [6, 6.07) is 25.4. The van der Waals surface area contributed by atoms with Crippen LogP contribution in [0, 0.1) is 0 Å². The molecule has 7 nitrogen and oxygen atoms in total. The number of nitrogens with zero attached hydrogens (tertiary/aromatic N) is 3. The number of benzene rings is 3. The number of rotatable bonds is 6. The summed E-state index contributed by atoms with van der Waals surface area (Å²) in [7, 11) is 1.60. The third kappa shape index (κ3) is 5.05. The molecule has 176 valence electrons. The van der Waals surface area contributed by atoms with E-state index in [1.165, 1.54) is 6.08 Å². The van der Waals surface area contributed by atoms with Crippen LogP contribution in [0.2, 0.25) is 5.02 Å². The highest BCUT2D eigenvalue weighted by Crippen LogP contribution is 2.38. The molecule has 0 bridgehead atoms. The first-order valence-electron chi connectivity index (χ1n) is 11.3. The Labute approximate surface area is 208 Å². The summed E-state index contributed by atoms with van der Waals surface area (Å²) in [6.07, 6.45) is 3.90. The molecule has 0 unspecified atom stereocenters. The Kier molecular flexibility index (Phi) is 6.50. The van der Waals surface area contributed by atoms with Crippen molar-refractivity contribution in [2.75, 3.05) is 17.7 Å². The summed E-state index contributed by atoms with van der Waals surface area (Å²) in [6.45, 7) is 0. The standard InChI is InChI=1S/C27H24ClN5O2/c1-35-24-10-6-5-9-20(24)13-16-25(34)30-26-31-27-29-22(18-7-3-2-4-8-18)17-23(33(27)32-26)19-11-14-21(28)15-12-19/h2-16,22-23H,17H2,1H3,(H2,29,30,31,32,34)/b16-13+/t22-,23+/m1/s1. The average molecular weight is 486 g/mol. The number of fused-ring (bicyclic) bond motifs is 1. The van der Waals surface area contributed by atoms with Gasteiger partial charge in [-0.2, -0.15) is 4.98 Å². The molecular formula is C27H24ClN5O2. The van der Waals surface area contributed by atoms with Gasteiger partial charge in [0.1, 0.15) is 5.75 Å². The van der Waals surface area contributed by atoms with Gasteiger partial charge in [-0.3, -0.25) is 10.1 Å². The number of carbonyl (C=O) groups is 1. The Morgan fingerprint density at radius 1 is 1.06 bits per heavy atom. The number of hydrogen-bond acceptors (Lipinski definition) is 5. The third-order valence-corrected chi connectivity index (χ3v) is 6.19. The van der Waals surface area contributed by atoms with E-state index in [0.29, 0.717) is 16.7 Å². The Balaban J connectivity index is 1.41. The quantitative estimate of drug-likeness (QED) is 0.340. The van der Waals surface area contributed by atoms with E-state index in [2.05, 4.69) is 32.8 Å². The summed E-state index contributed by atoms with van der Waals surface area (Å²) in [4.78, 5) is 17.2. The summed E-state index contributed by atoms with van der Waals surface area (Å²) >= 11 is 6.12. The molecule has 2 N–H and O–H groups in total. The first-order chi connectivity index (χ1) is 17.1. The number of ether oxygens (including phenoxy) is 1. The first-order valence-corrected chi connectivity index (χ1v) is 11.6. The van der Waals surface area contributed by atoms with Crippen LogP contribution >= 0.6 is 11.6 Å². The van der Waals surface area contributed by atoms with Crippen molar-refractivity contribution in [3.05, 3.63) is 107 Å². The third-order valence-electron chi connectivity index (χ3n) is 5.93. The van der Waals surface area contributed by atoms with Crippen molar-refractivity contribution in [2.45, 2.75) is 18.5 Å². The van der Waals surface area contributed by atoms with Crippen LogP contribution in [0.1, 0.15) is 35.2 Å². The topological polar surface area (TPSA) is 81.1 Å². The zero-order chi connectivity index (χ0) is 24.2. The molecule has 1 aromatic heterocycles. The van der Waals surface area contributed by atoms with Crippen molar-refractivity contribution >= 4 is 35.5 Å². The van der Waals surface area contributed by atoms with E-state index in [4.69, 9.17) is 16.3 Å². The lowest BCUT2D eigenvalue weighted by atomic mass is 9.93. The Hall–Kier alpha value is -4.10. The molecule has 0 spiro atoms. The van der Waals surface area contributed by atoms with Crippen LogP contribution in [0.5, 0.6) is 5.75 Å². The zero-order valence-electron chi connectivity index (χ0n) is 19.1. The number of nitrogens with one attached hydrogen (secondary N) is 2. The fourth-order valence-corrected chi connectivity index (χ4v) is 4.34. The average Bonchev–Trinajstić information content (AvgIpc) is 3.30. The molecular weight excluding hydrogens is 462 g/mol. The van der Waals surface area contributed by atoms with Crippen molar-refractivity contribution in [3.63, 3.8) is 0 Å². The van der Waals surface area contributed by atoms with Crippen molar-refractivity contribution < 1.29 is 9.53 Å². The van der Waals surface area contributed by atoms with Gasteiger partial charge in [0.2, 0.25) is 5.95 Å². The normalized spacial score (nSPS) is 17.0. The first kappa shape index (κ1) is 22.7. The number of methoxy groups -OCH3 is 1. The van der Waals surface area contributed by atoms with Gasteiger partial charge in [0.25, 0.3) is 11.9 Å². The number of amides is 1. The molecule has 0 radical (unpaired) electrons. The van der Waals surface area contributed by atoms with Crippen LogP contribution in [-0.4, -0.2) is 27.8 Å². The summed E-state index contributed by atoms with van der Waals surface area (Å²) in [5, 5.41) is 11.5. The number of halogens is 1. The zero-order valence-corrected chi connectivity index (χ0v) is 19.8. The second-order valence-electron chi connectivity index (χ2n) is 8.18. The molecule has 0 aliphatic carbocycles. The van der Waals surface area contributed by atoms with E-state index in [-0.39, 0.29) is 23.9 Å². The lowest BCUT2D eigenvalue weighted by Crippen LogP contribution is -2.28. The largest absolute Gasteiger partial charge is 0.496 e. The van der Waals surface area contributed by atoms with Crippen LogP contribution in [0.3, 0.4) is 0 Å². The lowest BCUT2D eigenvalue weighted by molar-refractivity contribution is -0.111. The summed E-state index contributed by atoms with van der Waals surface area (Å²) in [5.74, 6) is 1.18. The van der Waals surface area contributed by atoms with E-state index >= 15 is 0 Å². The smallest absolute Gasteiger partial charge is 0.250 e. The van der Waals surface area contributed by atoms with E-state index < -0.39 is 0 Å². The van der Waals surface area contributed by atoms with Crippen molar-refractivity contribution in [1.82, 2.24) is 14.8 Å². The van der Waals surface area contributed by atoms with Gasteiger partial charge in [0, 0.05) is 16.7 Å². The van der Waals surface area contributed by atoms with Gasteiger partial charge < -0.3 is 10.1 Å². The van der Waals surface area contributed by atoms with Gasteiger partial charge in [0.05, 0.1) is 19.2 Å². The summed E-state index contributed by atoms with van der Waals surface area (Å²) in [5.41, 5.74) is 3.03. The number of anilines is 2. The van der Waals surface area contributed by atoms with Gasteiger partial charge in [-0.05, 0) is 41.8 Å². The summed E-state index contributed by atoms with van der Waals surface area (Å²) < 4.78 is 7.15. The molecule has 2 heterocycles. The second-order valence-corrected chi connectivity index (χ2v) is 8.62. The van der Waals surface area contributed by atoms with E-state index in [0.717, 1.165) is 23.1 Å². The van der Waals surface area contributed by atoms with Crippen LogP contribution in [0.15, 0.2) is 84.9 Å². The molecule has 1 aliphatic rings. The van der Waals surface area contributed by atoms with Crippen LogP contribution in [0.4, 0.5) is 11.9 Å². The lowest BCUT2D eigenvalue weighted by Gasteiger charge is -2.31. The maximum Gasteiger partial charge on any atom is 0.250 e. The molecule has 0 saturated carbocycles. The molecule has 4 aromatic rings. The van der Waals surface area contributed by atoms with E-state index in [9.17, 15) is 4.79 Å². The molecule has 3 aromatic carbocycles. The molecule has 8 heteroatoms. The molecule has 5 rings (SSSR count). The monoisotopic (exact) mass is 485 g/mol. The van der Waals surface area contributed by atoms with Gasteiger partial charge >= 0.3 is 0 Å². The van der Waals surface area contributed by atoms with E-state index in [1.54, 1.807) is 13.2 Å². The highest BCUT2D eigenvalue weighted by molar-refractivity contribution is 6.30. The highest BCUT2D eigenvalue weighted by atomic mass is 35.5. The number of hydrogen-bond donors (Lipinski definition) is 2. The Morgan fingerprint density at radius 3 is 2.57 bits per heavy atom. The van der Waals surface area contributed by atoms with Gasteiger partial charge in [-0.15, -0.1) is 5.10 Å². The van der Waals surface area contributed by atoms with Crippen molar-refractivity contribution in [1.29, 1.82) is 0 Å².